The molecule has 5 nitrogen and oxygen atoms in total. The van der Waals surface area contributed by atoms with Gasteiger partial charge in [-0.25, -0.2) is 0 Å². The lowest BCUT2D eigenvalue weighted by Gasteiger charge is -2.07. The minimum Gasteiger partial charge on any atom is -0.356 e. The van der Waals surface area contributed by atoms with Crippen molar-refractivity contribution in [2.45, 2.75) is 26.8 Å². The van der Waals surface area contributed by atoms with Gasteiger partial charge in [0, 0.05) is 24.4 Å². The van der Waals surface area contributed by atoms with E-state index in [0.29, 0.717) is 0 Å². The van der Waals surface area contributed by atoms with E-state index in [9.17, 15) is 4.79 Å². The highest BCUT2D eigenvalue weighted by atomic mass is 32.1. The molecule has 1 amide bonds. The van der Waals surface area contributed by atoms with Crippen LogP contribution in [-0.2, 0) is 11.3 Å². The van der Waals surface area contributed by atoms with Crippen molar-refractivity contribution < 1.29 is 4.79 Å². The fraction of sp³-hybridized carbons (Fsp3) is 0.700. The maximum Gasteiger partial charge on any atom is 0.222 e. The molecule has 0 saturated carbocycles. The molecule has 0 aliphatic carbocycles. The molecule has 0 atom stereocenters. The average molecular weight is 242 g/mol. The molecule has 1 heterocycles. The van der Waals surface area contributed by atoms with E-state index in [1.54, 1.807) is 0 Å². The summed E-state index contributed by atoms with van der Waals surface area (Å²) in [6, 6.07) is 0. The second-order valence-electron chi connectivity index (χ2n) is 3.87. The number of nitrogens with zero attached hydrogens (tertiary/aromatic N) is 2. The van der Waals surface area contributed by atoms with E-state index in [0.717, 1.165) is 31.7 Å². The molecule has 0 saturated heterocycles. The summed E-state index contributed by atoms with van der Waals surface area (Å²) < 4.78 is 3.77. The Bertz CT molecular complexity index is 300. The summed E-state index contributed by atoms with van der Waals surface area (Å²) in [5.41, 5.74) is 0.969. The van der Waals surface area contributed by atoms with Gasteiger partial charge in [0.2, 0.25) is 5.91 Å². The molecule has 0 fully saturated rings. The highest BCUT2D eigenvalue weighted by molar-refractivity contribution is 7.03. The molecule has 6 heteroatoms. The van der Waals surface area contributed by atoms with Crippen LogP contribution in [0, 0.1) is 5.92 Å². The lowest BCUT2D eigenvalue weighted by molar-refractivity contribution is -0.123. The van der Waals surface area contributed by atoms with Crippen LogP contribution in [0.3, 0.4) is 0 Å². The summed E-state index contributed by atoms with van der Waals surface area (Å²) in [7, 11) is 0. The van der Waals surface area contributed by atoms with E-state index >= 15 is 0 Å². The van der Waals surface area contributed by atoms with Crippen LogP contribution in [0.5, 0.6) is 0 Å². The fourth-order valence-electron chi connectivity index (χ4n) is 1.11. The largest absolute Gasteiger partial charge is 0.356 e. The summed E-state index contributed by atoms with van der Waals surface area (Å²) >= 11 is 1.36. The molecule has 0 aliphatic heterocycles. The lowest BCUT2D eigenvalue weighted by atomic mass is 10.2. The van der Waals surface area contributed by atoms with E-state index in [2.05, 4.69) is 20.2 Å². The number of hydrogen-bond donors (Lipinski definition) is 2. The van der Waals surface area contributed by atoms with Crippen LogP contribution in [-0.4, -0.2) is 28.6 Å². The average Bonchev–Trinajstić information content (AvgIpc) is 2.75. The van der Waals surface area contributed by atoms with Gasteiger partial charge in [-0.2, -0.15) is 0 Å². The molecule has 1 aromatic rings. The number of amides is 1. The number of carbonyl (C=O) groups excluding carboxylic acids is 1. The molecular formula is C10H18N4OS. The number of nitrogens with one attached hydrogen (secondary N) is 2. The minimum atomic E-state index is 0.0639. The Kier molecular flexibility index (Phi) is 5.95. The van der Waals surface area contributed by atoms with Gasteiger partial charge in [-0.15, -0.1) is 5.10 Å². The van der Waals surface area contributed by atoms with Crippen molar-refractivity contribution in [1.82, 2.24) is 20.2 Å². The molecule has 0 aromatic carbocycles. The monoisotopic (exact) mass is 242 g/mol. The topological polar surface area (TPSA) is 66.9 Å². The summed E-state index contributed by atoms with van der Waals surface area (Å²) in [6.07, 6.45) is 0.927. The fourth-order valence-corrected chi connectivity index (χ4v) is 1.56. The molecule has 0 unspecified atom stereocenters. The molecule has 90 valence electrons. The molecule has 0 aliphatic rings. The number of carbonyl (C=O) groups is 1. The predicted octanol–water partition coefficient (Wildman–Crippen LogP) is 0.790. The second-order valence-corrected chi connectivity index (χ2v) is 4.48. The van der Waals surface area contributed by atoms with Gasteiger partial charge in [0.05, 0.1) is 5.69 Å². The number of hydrogen-bond acceptors (Lipinski definition) is 5. The normalized spacial score (nSPS) is 10.7. The third kappa shape index (κ3) is 5.18. The smallest absolute Gasteiger partial charge is 0.222 e. The highest BCUT2D eigenvalue weighted by Gasteiger charge is 2.04. The Balaban J connectivity index is 1.94. The van der Waals surface area contributed by atoms with Crippen molar-refractivity contribution in [2.24, 2.45) is 5.92 Å². The van der Waals surface area contributed by atoms with Crippen LogP contribution < -0.4 is 10.6 Å². The first-order valence-corrected chi connectivity index (χ1v) is 6.28. The molecule has 2 N–H and O–H groups in total. The number of aromatic nitrogens is 2. The van der Waals surface area contributed by atoms with Crippen LogP contribution in [0.4, 0.5) is 0 Å². The van der Waals surface area contributed by atoms with Crippen molar-refractivity contribution in [1.29, 1.82) is 0 Å². The van der Waals surface area contributed by atoms with E-state index < -0.39 is 0 Å². The first kappa shape index (κ1) is 13.1. The zero-order valence-electron chi connectivity index (χ0n) is 9.69. The molecule has 0 bridgehead atoms. The standard InChI is InChI=1S/C10H18N4OS/c1-8(2)10(15)12-5-3-4-11-6-9-7-16-14-13-9/h7-8,11H,3-6H2,1-2H3,(H,12,15). The summed E-state index contributed by atoms with van der Waals surface area (Å²) in [5, 5.41) is 12.0. The van der Waals surface area contributed by atoms with Crippen molar-refractivity contribution in [3.8, 4) is 0 Å². The second kappa shape index (κ2) is 7.29. The van der Waals surface area contributed by atoms with Gasteiger partial charge in [0.15, 0.2) is 0 Å². The molecule has 0 radical (unpaired) electrons. The van der Waals surface area contributed by atoms with Crippen LogP contribution in [0.25, 0.3) is 0 Å². The van der Waals surface area contributed by atoms with Crippen molar-refractivity contribution in [2.75, 3.05) is 13.1 Å². The molecular weight excluding hydrogens is 224 g/mol. The van der Waals surface area contributed by atoms with Gasteiger partial charge >= 0.3 is 0 Å². The predicted molar refractivity (Wildman–Crippen MR) is 64.1 cm³/mol. The maximum absolute atomic E-state index is 11.2. The molecule has 1 rings (SSSR count). The summed E-state index contributed by atoms with van der Waals surface area (Å²) in [4.78, 5) is 11.2. The van der Waals surface area contributed by atoms with Gasteiger partial charge in [-0.3, -0.25) is 4.79 Å². The van der Waals surface area contributed by atoms with Gasteiger partial charge in [-0.05, 0) is 24.5 Å². The molecule has 16 heavy (non-hydrogen) atoms. The van der Waals surface area contributed by atoms with Gasteiger partial charge < -0.3 is 10.6 Å². The first-order valence-electron chi connectivity index (χ1n) is 5.44. The Morgan fingerprint density at radius 2 is 2.31 bits per heavy atom. The zero-order chi connectivity index (χ0) is 11.8. The van der Waals surface area contributed by atoms with Gasteiger partial charge in [0.25, 0.3) is 0 Å². The third-order valence-corrected chi connectivity index (χ3v) is 2.62. The van der Waals surface area contributed by atoms with Crippen LogP contribution in [0.1, 0.15) is 26.0 Å². The summed E-state index contributed by atoms with van der Waals surface area (Å²) in [6.45, 7) is 6.12. The van der Waals surface area contributed by atoms with Crippen LogP contribution >= 0.6 is 11.5 Å². The zero-order valence-corrected chi connectivity index (χ0v) is 10.5. The van der Waals surface area contributed by atoms with E-state index in [-0.39, 0.29) is 11.8 Å². The van der Waals surface area contributed by atoms with Crippen molar-refractivity contribution >= 4 is 17.4 Å². The minimum absolute atomic E-state index is 0.0639. The maximum atomic E-state index is 11.2. The van der Waals surface area contributed by atoms with Gasteiger partial charge in [0.1, 0.15) is 0 Å². The van der Waals surface area contributed by atoms with Crippen molar-refractivity contribution in [3.05, 3.63) is 11.1 Å². The van der Waals surface area contributed by atoms with E-state index in [1.165, 1.54) is 11.5 Å². The van der Waals surface area contributed by atoms with Crippen LogP contribution in [0.15, 0.2) is 5.38 Å². The van der Waals surface area contributed by atoms with Gasteiger partial charge in [-0.1, -0.05) is 18.3 Å². The van der Waals surface area contributed by atoms with E-state index in [1.807, 2.05) is 19.2 Å². The highest BCUT2D eigenvalue weighted by Crippen LogP contribution is 1.95. The van der Waals surface area contributed by atoms with E-state index in [4.69, 9.17) is 0 Å². The Labute approximate surface area is 99.8 Å². The summed E-state index contributed by atoms with van der Waals surface area (Å²) in [5.74, 6) is 0.178. The Hall–Kier alpha value is -1.01. The van der Waals surface area contributed by atoms with Crippen LogP contribution in [0.2, 0.25) is 0 Å². The molecule has 0 spiro atoms. The third-order valence-electron chi connectivity index (χ3n) is 2.07. The Morgan fingerprint density at radius 1 is 1.50 bits per heavy atom. The lowest BCUT2D eigenvalue weighted by Crippen LogP contribution is -2.30. The van der Waals surface area contributed by atoms with Crippen molar-refractivity contribution in [3.63, 3.8) is 0 Å². The Morgan fingerprint density at radius 3 is 2.94 bits per heavy atom. The quantitative estimate of drug-likeness (QED) is 0.694. The number of rotatable bonds is 7. The first-order chi connectivity index (χ1) is 7.70. The molecule has 1 aromatic heterocycles. The SMILES string of the molecule is CC(C)C(=O)NCCCNCc1csnn1.